The van der Waals surface area contributed by atoms with Gasteiger partial charge in [-0.05, 0) is 43.5 Å². The Morgan fingerprint density at radius 3 is 2.24 bits per heavy atom. The first kappa shape index (κ1) is 17.5. The third-order valence-corrected chi connectivity index (χ3v) is 4.52. The Labute approximate surface area is 126 Å². The van der Waals surface area contributed by atoms with Crippen molar-refractivity contribution in [2.45, 2.75) is 33.6 Å². The third-order valence-electron chi connectivity index (χ3n) is 3.00. The Bertz CT molecular complexity index is 593. The van der Waals surface area contributed by atoms with E-state index in [0.29, 0.717) is 24.3 Å². The maximum atomic E-state index is 12.3. The number of anilines is 1. The van der Waals surface area contributed by atoms with Crippen molar-refractivity contribution in [1.82, 2.24) is 4.31 Å². The number of carboxylic acids is 1. The Morgan fingerprint density at radius 1 is 1.24 bits per heavy atom. The molecule has 0 aliphatic carbocycles. The second kappa shape index (κ2) is 7.42. The van der Waals surface area contributed by atoms with E-state index in [2.05, 4.69) is 4.72 Å². The van der Waals surface area contributed by atoms with Crippen LogP contribution < -0.4 is 4.72 Å². The number of aromatic carboxylic acids is 1. The van der Waals surface area contributed by atoms with Crippen molar-refractivity contribution in [3.05, 3.63) is 29.3 Å². The van der Waals surface area contributed by atoms with E-state index < -0.39 is 16.2 Å². The minimum Gasteiger partial charge on any atom is -0.478 e. The molecule has 0 heterocycles. The van der Waals surface area contributed by atoms with Gasteiger partial charge >= 0.3 is 16.2 Å². The maximum absolute atomic E-state index is 12.3. The molecule has 0 amide bonds. The fourth-order valence-electron chi connectivity index (χ4n) is 1.97. The molecule has 0 radical (unpaired) electrons. The Hall–Kier alpha value is -1.60. The largest absolute Gasteiger partial charge is 0.478 e. The van der Waals surface area contributed by atoms with E-state index in [-0.39, 0.29) is 5.56 Å². The van der Waals surface area contributed by atoms with Gasteiger partial charge in [0.1, 0.15) is 0 Å². The van der Waals surface area contributed by atoms with E-state index in [1.807, 2.05) is 13.8 Å². The van der Waals surface area contributed by atoms with Gasteiger partial charge in [0, 0.05) is 13.1 Å². The molecule has 0 fully saturated rings. The molecule has 118 valence electrons. The highest BCUT2D eigenvalue weighted by atomic mass is 32.2. The van der Waals surface area contributed by atoms with Gasteiger partial charge in [-0.2, -0.15) is 12.7 Å². The fourth-order valence-corrected chi connectivity index (χ4v) is 3.45. The highest BCUT2D eigenvalue weighted by Crippen LogP contribution is 2.19. The lowest BCUT2D eigenvalue weighted by molar-refractivity contribution is 0.0697. The number of carboxylic acid groups (broad SMARTS) is 1. The van der Waals surface area contributed by atoms with Gasteiger partial charge in [-0.15, -0.1) is 0 Å². The zero-order chi connectivity index (χ0) is 16.0. The summed E-state index contributed by atoms with van der Waals surface area (Å²) in [7, 11) is -3.62. The lowest BCUT2D eigenvalue weighted by Crippen LogP contribution is -2.37. The van der Waals surface area contributed by atoms with Gasteiger partial charge in [-0.25, -0.2) is 4.79 Å². The van der Waals surface area contributed by atoms with Gasteiger partial charge in [0.15, 0.2) is 0 Å². The van der Waals surface area contributed by atoms with Crippen LogP contribution in [-0.4, -0.2) is 36.9 Å². The molecular weight excluding hydrogens is 292 g/mol. The molecule has 1 aromatic carbocycles. The van der Waals surface area contributed by atoms with Crippen molar-refractivity contribution in [2.75, 3.05) is 17.8 Å². The van der Waals surface area contributed by atoms with Crippen LogP contribution >= 0.6 is 0 Å². The summed E-state index contributed by atoms with van der Waals surface area (Å²) >= 11 is 0. The summed E-state index contributed by atoms with van der Waals surface area (Å²) in [4.78, 5) is 10.9. The van der Waals surface area contributed by atoms with Crippen LogP contribution in [0.4, 0.5) is 5.69 Å². The van der Waals surface area contributed by atoms with Gasteiger partial charge in [-0.1, -0.05) is 13.8 Å². The van der Waals surface area contributed by atoms with Crippen LogP contribution in [0.5, 0.6) is 0 Å². The molecule has 0 aromatic heterocycles. The van der Waals surface area contributed by atoms with Crippen molar-refractivity contribution in [3.63, 3.8) is 0 Å². The minimum absolute atomic E-state index is 0.134. The second-order valence-electron chi connectivity index (χ2n) is 4.84. The van der Waals surface area contributed by atoms with Crippen LogP contribution in [-0.2, 0) is 10.2 Å². The molecule has 6 nitrogen and oxygen atoms in total. The number of carbonyl (C=O) groups is 1. The number of nitrogens with one attached hydrogen (secondary N) is 1. The van der Waals surface area contributed by atoms with Crippen LogP contribution in [0.2, 0.25) is 0 Å². The first-order valence-corrected chi connectivity index (χ1v) is 8.37. The second-order valence-corrected chi connectivity index (χ2v) is 6.51. The van der Waals surface area contributed by atoms with Gasteiger partial charge in [0.2, 0.25) is 0 Å². The highest BCUT2D eigenvalue weighted by molar-refractivity contribution is 7.90. The molecule has 0 atom stereocenters. The van der Waals surface area contributed by atoms with E-state index in [1.165, 1.54) is 22.5 Å². The lowest BCUT2D eigenvalue weighted by Gasteiger charge is -2.22. The highest BCUT2D eigenvalue weighted by Gasteiger charge is 2.21. The van der Waals surface area contributed by atoms with Crippen molar-refractivity contribution in [1.29, 1.82) is 0 Å². The summed E-state index contributed by atoms with van der Waals surface area (Å²) in [5, 5.41) is 8.91. The van der Waals surface area contributed by atoms with Crippen molar-refractivity contribution < 1.29 is 18.3 Å². The van der Waals surface area contributed by atoms with Crippen molar-refractivity contribution >= 4 is 21.9 Å². The quantitative estimate of drug-likeness (QED) is 0.771. The lowest BCUT2D eigenvalue weighted by atomic mass is 10.1. The molecule has 21 heavy (non-hydrogen) atoms. The van der Waals surface area contributed by atoms with Gasteiger partial charge in [0.25, 0.3) is 0 Å². The number of hydrogen-bond donors (Lipinski definition) is 2. The smallest absolute Gasteiger partial charge is 0.335 e. The molecule has 2 N–H and O–H groups in total. The number of rotatable bonds is 8. The molecule has 0 bridgehead atoms. The zero-order valence-corrected chi connectivity index (χ0v) is 13.4. The topological polar surface area (TPSA) is 86.7 Å². The van der Waals surface area contributed by atoms with Crippen LogP contribution in [0.1, 0.15) is 42.6 Å². The molecule has 0 saturated heterocycles. The normalized spacial score (nSPS) is 11.6. The van der Waals surface area contributed by atoms with Crippen LogP contribution in [0.15, 0.2) is 18.2 Å². The summed E-state index contributed by atoms with van der Waals surface area (Å²) in [6.45, 7) is 6.43. The van der Waals surface area contributed by atoms with Crippen LogP contribution in [0.3, 0.4) is 0 Å². The Kier molecular flexibility index (Phi) is 6.17. The minimum atomic E-state index is -3.62. The Morgan fingerprint density at radius 2 is 1.81 bits per heavy atom. The summed E-state index contributed by atoms with van der Waals surface area (Å²) in [6.07, 6.45) is 1.47. The summed E-state index contributed by atoms with van der Waals surface area (Å²) < 4.78 is 28.6. The molecule has 1 aromatic rings. The van der Waals surface area contributed by atoms with Crippen molar-refractivity contribution in [3.8, 4) is 0 Å². The molecular formula is C14H22N2O4S. The zero-order valence-electron chi connectivity index (χ0n) is 12.6. The number of aryl methyl sites for hydroxylation is 1. The molecule has 1 rings (SSSR count). The standard InChI is InChI=1S/C14H22N2O4S/c1-4-8-16(9-5-2)21(19,20)15-13-7-6-12(14(17)18)10-11(13)3/h6-7,10,15H,4-5,8-9H2,1-3H3,(H,17,18). The van der Waals surface area contributed by atoms with E-state index in [4.69, 9.17) is 5.11 Å². The predicted octanol–water partition coefficient (Wildman–Crippen LogP) is 2.47. The van der Waals surface area contributed by atoms with E-state index >= 15 is 0 Å². The van der Waals surface area contributed by atoms with E-state index in [9.17, 15) is 13.2 Å². The van der Waals surface area contributed by atoms with Gasteiger partial charge < -0.3 is 5.11 Å². The van der Waals surface area contributed by atoms with Gasteiger partial charge in [0.05, 0.1) is 11.3 Å². The third kappa shape index (κ3) is 4.71. The van der Waals surface area contributed by atoms with E-state index in [0.717, 1.165) is 12.8 Å². The predicted molar refractivity (Wildman–Crippen MR) is 82.8 cm³/mol. The molecule has 0 spiro atoms. The average Bonchev–Trinajstić information content (AvgIpc) is 2.40. The van der Waals surface area contributed by atoms with Crippen LogP contribution in [0, 0.1) is 6.92 Å². The SMILES string of the molecule is CCCN(CCC)S(=O)(=O)Nc1ccc(C(=O)O)cc1C. The monoisotopic (exact) mass is 314 g/mol. The van der Waals surface area contributed by atoms with Crippen LogP contribution in [0.25, 0.3) is 0 Å². The number of benzene rings is 1. The summed E-state index contributed by atoms with van der Waals surface area (Å²) in [5.41, 5.74) is 1.11. The summed E-state index contributed by atoms with van der Waals surface area (Å²) in [6, 6.07) is 4.31. The Balaban J connectivity index is 3.00. The number of hydrogen-bond acceptors (Lipinski definition) is 3. The first-order valence-electron chi connectivity index (χ1n) is 6.93. The average molecular weight is 314 g/mol. The fraction of sp³-hybridized carbons (Fsp3) is 0.500. The summed E-state index contributed by atoms with van der Waals surface area (Å²) in [5.74, 6) is -1.04. The maximum Gasteiger partial charge on any atom is 0.335 e. The van der Waals surface area contributed by atoms with E-state index in [1.54, 1.807) is 6.92 Å². The molecule has 0 aliphatic rings. The number of nitrogens with zero attached hydrogens (tertiary/aromatic N) is 1. The molecule has 7 heteroatoms. The van der Waals surface area contributed by atoms with Gasteiger partial charge in [-0.3, -0.25) is 4.72 Å². The van der Waals surface area contributed by atoms with Crippen molar-refractivity contribution in [2.24, 2.45) is 0 Å². The molecule has 0 saturated carbocycles. The first-order chi connectivity index (χ1) is 9.81. The molecule has 0 aliphatic heterocycles. The molecule has 0 unspecified atom stereocenters.